The first kappa shape index (κ1) is 28.7. The number of aromatic nitrogens is 4. The lowest BCUT2D eigenvalue weighted by Crippen LogP contribution is -2.44. The molecular formula is C24H31N6O8PS. The van der Waals surface area contributed by atoms with Crippen LogP contribution < -0.4 is 15.6 Å². The number of nitrogen functional groups attached to an aromatic ring is 1. The number of benzene rings is 1. The zero-order valence-electron chi connectivity index (χ0n) is 22.0. The maximum atomic E-state index is 13.5. The molecule has 40 heavy (non-hydrogen) atoms. The predicted octanol–water partition coefficient (Wildman–Crippen LogP) is 1.95. The first-order chi connectivity index (χ1) is 19.0. The van der Waals surface area contributed by atoms with Crippen molar-refractivity contribution < 1.29 is 38.3 Å². The van der Waals surface area contributed by atoms with Gasteiger partial charge in [0.15, 0.2) is 17.4 Å². The molecule has 0 bridgehead atoms. The number of methoxy groups -OCH3 is 1. The van der Waals surface area contributed by atoms with E-state index >= 15 is 0 Å². The minimum absolute atomic E-state index is 0.0751. The number of ether oxygens (including phenoxy) is 3. The second kappa shape index (κ2) is 11.2. The topological polar surface area (TPSA) is 193 Å². The fourth-order valence-electron chi connectivity index (χ4n) is 4.65. The molecule has 3 unspecified atom stereocenters. The Labute approximate surface area is 233 Å². The van der Waals surface area contributed by atoms with Crippen molar-refractivity contribution in [1.82, 2.24) is 24.6 Å². The quantitative estimate of drug-likeness (QED) is 0.218. The highest BCUT2D eigenvalue weighted by Gasteiger charge is 2.54. The summed E-state index contributed by atoms with van der Waals surface area (Å²) in [5.74, 6) is -0.0791. The molecule has 4 heterocycles. The van der Waals surface area contributed by atoms with Gasteiger partial charge >= 0.3 is 12.7 Å². The third-order valence-corrected chi connectivity index (χ3v) is 10.9. The van der Waals surface area contributed by atoms with Crippen LogP contribution in [-0.4, -0.2) is 79.0 Å². The molecule has 5 rings (SSSR count). The van der Waals surface area contributed by atoms with Gasteiger partial charge < -0.3 is 34.7 Å². The molecule has 216 valence electrons. The second-order valence-electron chi connectivity index (χ2n) is 9.70. The first-order valence-electron chi connectivity index (χ1n) is 12.5. The smallest absolute Gasteiger partial charge is 0.327 e. The Morgan fingerprint density at radius 3 is 2.85 bits per heavy atom. The Balaban J connectivity index is 1.25. The van der Waals surface area contributed by atoms with E-state index in [0.29, 0.717) is 12.2 Å². The number of nitrogens with two attached hydrogens (primary N) is 1. The molecule has 2 fully saturated rings. The van der Waals surface area contributed by atoms with Crippen molar-refractivity contribution in [2.24, 2.45) is 0 Å². The molecule has 5 N–H and O–H groups in total. The summed E-state index contributed by atoms with van der Waals surface area (Å²) in [6.45, 7) is -0.748. The van der Waals surface area contributed by atoms with Crippen LogP contribution in [0.2, 0.25) is 0 Å². The number of esters is 1. The molecule has 1 aromatic carbocycles. The van der Waals surface area contributed by atoms with Crippen LogP contribution in [0.25, 0.3) is 11.2 Å². The highest BCUT2D eigenvalue weighted by Crippen LogP contribution is 2.59. The van der Waals surface area contributed by atoms with E-state index in [0.717, 1.165) is 16.9 Å². The highest BCUT2D eigenvalue weighted by molar-refractivity contribution is 8.56. The number of carbonyl (C=O) groups is 1. The molecule has 0 saturated carbocycles. The molecule has 0 amide bonds. The number of nitrogens with zero attached hydrogens (tertiary/aromatic N) is 4. The molecule has 16 heteroatoms. The van der Waals surface area contributed by atoms with E-state index < -0.39 is 48.9 Å². The number of hydrogen-bond acceptors (Lipinski definition) is 13. The third-order valence-electron chi connectivity index (χ3n) is 6.84. The summed E-state index contributed by atoms with van der Waals surface area (Å²) >= 11 is 1.05. The number of fused-ring (bicyclic) bond motifs is 1. The van der Waals surface area contributed by atoms with Gasteiger partial charge in [0.1, 0.15) is 30.0 Å². The number of carbonyl (C=O) groups excluding carboxylic acids is 1. The van der Waals surface area contributed by atoms with Crippen LogP contribution in [0.3, 0.4) is 0 Å². The number of aliphatic hydroxyl groups excluding tert-OH is 1. The van der Waals surface area contributed by atoms with Crippen molar-refractivity contribution in [2.45, 2.75) is 56.5 Å². The van der Waals surface area contributed by atoms with Crippen LogP contribution in [0.4, 0.5) is 5.95 Å². The number of nitrogens with one attached hydrogen (secondary N) is 1. The van der Waals surface area contributed by atoms with E-state index in [-0.39, 0.29) is 29.6 Å². The number of anilines is 1. The average Bonchev–Trinajstić information content (AvgIpc) is 3.45. The van der Waals surface area contributed by atoms with E-state index in [1.54, 1.807) is 6.92 Å². The number of hydrogen-bond donors (Lipinski definition) is 4. The van der Waals surface area contributed by atoms with Gasteiger partial charge in [-0.15, -0.1) is 0 Å². The summed E-state index contributed by atoms with van der Waals surface area (Å²) in [6, 6.07) is 8.46. The average molecular weight is 595 g/mol. The van der Waals surface area contributed by atoms with Gasteiger partial charge in [-0.2, -0.15) is 9.97 Å². The molecule has 2 saturated heterocycles. The molecule has 2 aliphatic heterocycles. The van der Waals surface area contributed by atoms with Crippen molar-refractivity contribution >= 4 is 41.2 Å². The van der Waals surface area contributed by atoms with Gasteiger partial charge in [0.2, 0.25) is 11.8 Å². The van der Waals surface area contributed by atoms with Crippen molar-refractivity contribution in [3.05, 3.63) is 42.2 Å². The summed E-state index contributed by atoms with van der Waals surface area (Å²) in [6.07, 6.45) is -2.35. The van der Waals surface area contributed by atoms with Gasteiger partial charge in [0, 0.05) is 5.75 Å². The molecule has 3 aromatic rings. The lowest BCUT2D eigenvalue weighted by Gasteiger charge is -2.30. The van der Waals surface area contributed by atoms with Crippen LogP contribution in [0.15, 0.2) is 36.7 Å². The Kier molecular flexibility index (Phi) is 8.08. The molecule has 2 aromatic heterocycles. The van der Waals surface area contributed by atoms with Crippen LogP contribution in [0.5, 0.6) is 5.88 Å². The summed E-state index contributed by atoms with van der Waals surface area (Å²) in [5.41, 5.74) is 5.34. The maximum Gasteiger partial charge on any atom is 0.327 e. The highest BCUT2D eigenvalue weighted by atomic mass is 32.7. The summed E-state index contributed by atoms with van der Waals surface area (Å²) in [5, 5.41) is 24.9. The molecular weight excluding hydrogens is 563 g/mol. The normalized spacial score (nSPS) is 31.2. The van der Waals surface area contributed by atoms with Crippen LogP contribution in [0.1, 0.15) is 38.2 Å². The Hall–Kier alpha value is -2.78. The Bertz CT molecular complexity index is 1430. The molecule has 0 aliphatic carbocycles. The maximum absolute atomic E-state index is 13.5. The van der Waals surface area contributed by atoms with Crippen LogP contribution in [0, 0.1) is 0 Å². The van der Waals surface area contributed by atoms with Gasteiger partial charge in [-0.3, -0.25) is 13.9 Å². The van der Waals surface area contributed by atoms with E-state index in [1.165, 1.54) is 24.9 Å². The van der Waals surface area contributed by atoms with Crippen LogP contribution in [-0.2, 0) is 23.4 Å². The molecule has 14 nitrogen and oxygen atoms in total. The van der Waals surface area contributed by atoms with Gasteiger partial charge in [-0.1, -0.05) is 41.7 Å². The largest absolute Gasteiger partial charge is 0.479 e. The first-order valence-corrected chi connectivity index (χ1v) is 15.8. The Morgan fingerprint density at radius 1 is 1.38 bits per heavy atom. The summed E-state index contributed by atoms with van der Waals surface area (Å²) in [7, 11) is 1.41. The van der Waals surface area contributed by atoms with Gasteiger partial charge in [0.05, 0.1) is 20.0 Å². The zero-order valence-corrected chi connectivity index (χ0v) is 23.7. The van der Waals surface area contributed by atoms with E-state index in [9.17, 15) is 19.6 Å². The minimum Gasteiger partial charge on any atom is -0.479 e. The van der Waals surface area contributed by atoms with Gasteiger partial charge in [-0.05, 0) is 25.8 Å². The SMILES string of the molecule is COc1nc(N)nc2c1ncn2[C@@H]1OC(COP2(=O)NC(C(=O)O[C@@H](C)c3ccccc3)CCS2)[C@@H](O)[C@@]1(C)O. The van der Waals surface area contributed by atoms with Crippen molar-refractivity contribution in [1.29, 1.82) is 0 Å². The lowest BCUT2D eigenvalue weighted by atomic mass is 9.96. The molecule has 0 spiro atoms. The fourth-order valence-corrected chi connectivity index (χ4v) is 8.46. The van der Waals surface area contributed by atoms with Crippen molar-refractivity contribution in [2.75, 3.05) is 25.2 Å². The minimum atomic E-state index is -3.58. The number of rotatable bonds is 8. The third kappa shape index (κ3) is 5.55. The fraction of sp³-hybridized carbons (Fsp3) is 0.500. The van der Waals surface area contributed by atoms with Crippen molar-refractivity contribution in [3.63, 3.8) is 0 Å². The van der Waals surface area contributed by atoms with E-state index in [2.05, 4.69) is 20.0 Å². The van der Waals surface area contributed by atoms with Gasteiger partial charge in [0.25, 0.3) is 0 Å². The monoisotopic (exact) mass is 594 g/mol. The Morgan fingerprint density at radius 2 is 2.12 bits per heavy atom. The molecule has 7 atom stereocenters. The molecule has 2 aliphatic rings. The lowest BCUT2D eigenvalue weighted by molar-refractivity contribution is -0.150. The standard InChI is InChI=1S/C24H31N6O8PS/c1-13(14-7-5-4-6-8-14)37-21(32)15-9-10-40-39(34,29-15)36-11-16-18(31)24(2,33)22(38-16)30-12-26-17-19(30)27-23(25)28-20(17)35-3/h4-8,12-13,15-16,18,22,31,33H,9-11H2,1-3H3,(H,29,34)(H2,25,27,28)/t13-,15?,16?,18+,22+,24+,39?/m0/s1. The second-order valence-corrected chi connectivity index (χ2v) is 14.1. The number of aliphatic hydroxyl groups is 2. The molecule has 0 radical (unpaired) electrons. The van der Waals surface area contributed by atoms with E-state index in [1.807, 2.05) is 30.3 Å². The predicted molar refractivity (Wildman–Crippen MR) is 145 cm³/mol. The summed E-state index contributed by atoms with van der Waals surface area (Å²) < 4.78 is 37.4. The van der Waals surface area contributed by atoms with Gasteiger partial charge in [-0.25, -0.2) is 10.1 Å². The number of imidazole rings is 1. The zero-order chi connectivity index (χ0) is 28.7. The van der Waals surface area contributed by atoms with E-state index in [4.69, 9.17) is 24.5 Å². The summed E-state index contributed by atoms with van der Waals surface area (Å²) in [4.78, 5) is 25.2. The van der Waals surface area contributed by atoms with Crippen LogP contribution >= 0.6 is 18.1 Å². The van der Waals surface area contributed by atoms with Crippen molar-refractivity contribution in [3.8, 4) is 5.88 Å².